The molecule has 2 unspecified atom stereocenters. The van der Waals surface area contributed by atoms with Gasteiger partial charge < -0.3 is 20.1 Å². The molecule has 11 heteroatoms. The van der Waals surface area contributed by atoms with Crippen molar-refractivity contribution in [2.24, 2.45) is 0 Å². The molecule has 2 atom stereocenters. The molecule has 2 aromatic heterocycles. The van der Waals surface area contributed by atoms with Gasteiger partial charge in [-0.3, -0.25) is 4.90 Å². The van der Waals surface area contributed by atoms with Crippen LogP contribution in [-0.2, 0) is 9.47 Å². The van der Waals surface area contributed by atoms with Gasteiger partial charge in [0.1, 0.15) is 11.3 Å². The molecule has 164 valence electrons. The second-order valence-corrected chi connectivity index (χ2v) is 8.72. The molecule has 1 aliphatic heterocycles. The lowest BCUT2D eigenvalue weighted by Crippen LogP contribution is -2.61. The highest BCUT2D eigenvalue weighted by molar-refractivity contribution is 6.29. The van der Waals surface area contributed by atoms with Gasteiger partial charge in [-0.1, -0.05) is 11.6 Å². The Labute approximate surface area is 180 Å². The van der Waals surface area contributed by atoms with E-state index in [4.69, 9.17) is 26.8 Å². The van der Waals surface area contributed by atoms with Gasteiger partial charge in [-0.25, -0.2) is 9.48 Å². The van der Waals surface area contributed by atoms with Crippen LogP contribution >= 0.6 is 11.6 Å². The van der Waals surface area contributed by atoms with E-state index in [-0.39, 0.29) is 29.1 Å². The number of anilines is 2. The predicted octanol–water partition coefficient (Wildman–Crippen LogP) is 2.36. The van der Waals surface area contributed by atoms with Crippen molar-refractivity contribution in [3.8, 4) is 5.69 Å². The maximum Gasteiger partial charge on any atom is 0.410 e. The second kappa shape index (κ2) is 8.65. The summed E-state index contributed by atoms with van der Waals surface area (Å²) in [4.78, 5) is 16.7. The summed E-state index contributed by atoms with van der Waals surface area (Å²) in [6, 6.07) is 1.36. The first-order valence-corrected chi connectivity index (χ1v) is 10.1. The Hall–Kier alpha value is -2.59. The van der Waals surface area contributed by atoms with Crippen LogP contribution in [0.1, 0.15) is 27.7 Å². The quantitative estimate of drug-likeness (QED) is 0.775. The molecule has 1 saturated heterocycles. The molecule has 3 heterocycles. The summed E-state index contributed by atoms with van der Waals surface area (Å²) in [6.45, 7) is 9.16. The van der Waals surface area contributed by atoms with Crippen LogP contribution in [0.5, 0.6) is 0 Å². The van der Waals surface area contributed by atoms with Crippen molar-refractivity contribution >= 4 is 29.2 Å². The molecule has 1 aliphatic rings. The molecule has 1 fully saturated rings. The van der Waals surface area contributed by atoms with Crippen molar-refractivity contribution in [1.29, 1.82) is 0 Å². The normalized spacial score (nSPS) is 19.8. The number of nitrogens with zero attached hydrogens (tertiary/aromatic N) is 6. The molecule has 2 aromatic rings. The molecule has 3 rings (SSSR count). The number of hydrogen-bond donors (Lipinski definition) is 1. The van der Waals surface area contributed by atoms with Gasteiger partial charge in [0, 0.05) is 26.3 Å². The lowest BCUT2D eigenvalue weighted by molar-refractivity contribution is -0.00864. The number of methoxy groups -OCH3 is 1. The number of amides is 1. The Morgan fingerprint density at radius 3 is 2.73 bits per heavy atom. The molecule has 0 bridgehead atoms. The number of hydrogen-bond acceptors (Lipinski definition) is 8. The lowest BCUT2D eigenvalue weighted by atomic mass is 10.1. The molecule has 0 radical (unpaired) electrons. The molecule has 30 heavy (non-hydrogen) atoms. The van der Waals surface area contributed by atoms with E-state index in [1.165, 1.54) is 0 Å². The molecule has 0 aromatic carbocycles. The third kappa shape index (κ3) is 4.93. The number of nitrogen functional groups attached to an aromatic ring is 1. The van der Waals surface area contributed by atoms with Gasteiger partial charge in [-0.15, -0.1) is 10.2 Å². The number of carbonyl (C=O) groups is 1. The molecular formula is C19H28ClN7O3. The maximum absolute atomic E-state index is 12.8. The molecule has 0 saturated carbocycles. The van der Waals surface area contributed by atoms with Crippen LogP contribution in [-0.4, -0.2) is 75.5 Å². The molecule has 2 N–H and O–H groups in total. The minimum atomic E-state index is -0.563. The van der Waals surface area contributed by atoms with Crippen LogP contribution in [0.4, 0.5) is 16.3 Å². The number of nitrogens with two attached hydrogens (primary N) is 1. The first-order valence-electron chi connectivity index (χ1n) is 9.68. The number of rotatable bonds is 4. The Morgan fingerprint density at radius 1 is 1.33 bits per heavy atom. The van der Waals surface area contributed by atoms with E-state index in [1.807, 2.05) is 33.9 Å². The lowest BCUT2D eigenvalue weighted by Gasteiger charge is -2.45. The number of piperazine rings is 1. The standard InChI is InChI=1S/C19H28ClN7O3/c1-12-8-25(9-14(11-29-5)27(12)18(28)30-19(2,3)4)13-7-22-26(10-13)15-6-16(20)23-24-17(15)21/h6-7,10,12,14H,8-9,11H2,1-5H3,(H2,21,24). The highest BCUT2D eigenvalue weighted by Gasteiger charge is 2.38. The van der Waals surface area contributed by atoms with Crippen LogP contribution in [0.3, 0.4) is 0 Å². The van der Waals surface area contributed by atoms with Crippen LogP contribution in [0, 0.1) is 0 Å². The van der Waals surface area contributed by atoms with Gasteiger partial charge in [0.25, 0.3) is 0 Å². The summed E-state index contributed by atoms with van der Waals surface area (Å²) in [6.07, 6.45) is 3.26. The zero-order valence-corrected chi connectivity index (χ0v) is 18.6. The summed E-state index contributed by atoms with van der Waals surface area (Å²) in [5.41, 5.74) is 6.79. The first kappa shape index (κ1) is 22.1. The van der Waals surface area contributed by atoms with Gasteiger partial charge in [-0.2, -0.15) is 5.10 Å². The monoisotopic (exact) mass is 437 g/mol. The Balaban J connectivity index is 1.81. The maximum atomic E-state index is 12.8. The SMILES string of the molecule is COCC1CN(c2cnn(-c3cc(Cl)nnc3N)c2)CC(C)N1C(=O)OC(C)(C)C. The zero-order chi connectivity index (χ0) is 22.1. The Kier molecular flexibility index (Phi) is 6.37. The van der Waals surface area contributed by atoms with E-state index >= 15 is 0 Å². The highest BCUT2D eigenvalue weighted by atomic mass is 35.5. The molecule has 0 aliphatic carbocycles. The van der Waals surface area contributed by atoms with Crippen molar-refractivity contribution in [2.75, 3.05) is 37.4 Å². The first-order chi connectivity index (χ1) is 14.1. The van der Waals surface area contributed by atoms with E-state index in [2.05, 4.69) is 20.2 Å². The summed E-state index contributed by atoms with van der Waals surface area (Å²) < 4.78 is 12.6. The number of ether oxygens (including phenoxy) is 2. The van der Waals surface area contributed by atoms with Crippen molar-refractivity contribution in [2.45, 2.75) is 45.4 Å². The van der Waals surface area contributed by atoms with E-state index < -0.39 is 5.60 Å². The number of aromatic nitrogens is 4. The van der Waals surface area contributed by atoms with E-state index in [9.17, 15) is 4.79 Å². The minimum absolute atomic E-state index is 0.0841. The Bertz CT molecular complexity index is 898. The zero-order valence-electron chi connectivity index (χ0n) is 17.9. The van der Waals surface area contributed by atoms with Crippen LogP contribution < -0.4 is 10.6 Å². The van der Waals surface area contributed by atoms with Gasteiger partial charge in [0.2, 0.25) is 0 Å². The van der Waals surface area contributed by atoms with Crippen molar-refractivity contribution in [3.05, 3.63) is 23.6 Å². The number of carbonyl (C=O) groups excluding carboxylic acids is 1. The smallest absolute Gasteiger partial charge is 0.410 e. The summed E-state index contributed by atoms with van der Waals surface area (Å²) in [7, 11) is 1.62. The predicted molar refractivity (Wildman–Crippen MR) is 114 cm³/mol. The van der Waals surface area contributed by atoms with Crippen LogP contribution in [0.15, 0.2) is 18.5 Å². The molecule has 10 nitrogen and oxygen atoms in total. The largest absolute Gasteiger partial charge is 0.444 e. The fourth-order valence-corrected chi connectivity index (χ4v) is 3.67. The fraction of sp³-hybridized carbons (Fsp3) is 0.579. The van der Waals surface area contributed by atoms with E-state index in [0.717, 1.165) is 5.69 Å². The second-order valence-electron chi connectivity index (χ2n) is 8.33. The van der Waals surface area contributed by atoms with Crippen LogP contribution in [0.2, 0.25) is 5.15 Å². The molecule has 0 spiro atoms. The van der Waals surface area contributed by atoms with Crippen molar-refractivity contribution < 1.29 is 14.3 Å². The number of halogens is 1. The Morgan fingerprint density at radius 2 is 2.07 bits per heavy atom. The molecule has 1 amide bonds. The van der Waals surface area contributed by atoms with Gasteiger partial charge in [-0.05, 0) is 27.7 Å². The minimum Gasteiger partial charge on any atom is -0.444 e. The van der Waals surface area contributed by atoms with Crippen molar-refractivity contribution in [1.82, 2.24) is 24.9 Å². The summed E-state index contributed by atoms with van der Waals surface area (Å²) in [5, 5.41) is 12.2. The van der Waals surface area contributed by atoms with Gasteiger partial charge in [0.15, 0.2) is 11.0 Å². The van der Waals surface area contributed by atoms with E-state index in [0.29, 0.717) is 25.4 Å². The van der Waals surface area contributed by atoms with Crippen LogP contribution in [0.25, 0.3) is 5.69 Å². The van der Waals surface area contributed by atoms with Gasteiger partial charge in [0.05, 0.1) is 36.8 Å². The average Bonchev–Trinajstić information content (AvgIpc) is 3.12. The third-order valence-electron chi connectivity index (χ3n) is 4.70. The summed E-state index contributed by atoms with van der Waals surface area (Å²) in [5.74, 6) is 0.231. The van der Waals surface area contributed by atoms with Crippen molar-refractivity contribution in [3.63, 3.8) is 0 Å². The topological polar surface area (TPSA) is 112 Å². The highest BCUT2D eigenvalue weighted by Crippen LogP contribution is 2.26. The third-order valence-corrected chi connectivity index (χ3v) is 4.88. The molecular weight excluding hydrogens is 410 g/mol. The summed E-state index contributed by atoms with van der Waals surface area (Å²) >= 11 is 5.94. The van der Waals surface area contributed by atoms with Gasteiger partial charge >= 0.3 is 6.09 Å². The fourth-order valence-electron chi connectivity index (χ4n) is 3.52. The van der Waals surface area contributed by atoms with E-state index in [1.54, 1.807) is 29.0 Å². The average molecular weight is 438 g/mol.